The number of aromatic nitrogens is 2. The molecule has 0 saturated carbocycles. The number of anilines is 1. The summed E-state index contributed by atoms with van der Waals surface area (Å²) in [6.07, 6.45) is 5.51. The zero-order chi connectivity index (χ0) is 17.9. The molecule has 0 spiro atoms. The Bertz CT molecular complexity index is 837. The molecule has 1 aromatic heterocycles. The molecule has 1 saturated heterocycles. The fraction of sp³-hybridized carbons (Fsp3) is 0.450. The Morgan fingerprint density at radius 2 is 2.08 bits per heavy atom. The Labute approximate surface area is 153 Å². The Morgan fingerprint density at radius 3 is 2.96 bits per heavy atom. The molecule has 0 bridgehead atoms. The number of amides is 1. The minimum Gasteiger partial charge on any atom is -0.369 e. The van der Waals surface area contributed by atoms with Crippen molar-refractivity contribution in [3.05, 3.63) is 47.5 Å². The summed E-state index contributed by atoms with van der Waals surface area (Å²) in [5, 5.41) is 9.35. The van der Waals surface area contributed by atoms with Crippen LogP contribution in [0.4, 0.5) is 5.69 Å². The third-order valence-electron chi connectivity index (χ3n) is 5.47. The predicted molar refractivity (Wildman–Crippen MR) is 98.8 cm³/mol. The lowest BCUT2D eigenvalue weighted by Crippen LogP contribution is -2.39. The van der Waals surface area contributed by atoms with Gasteiger partial charge >= 0.3 is 0 Å². The molecule has 134 valence electrons. The normalized spacial score (nSPS) is 20.2. The fourth-order valence-corrected chi connectivity index (χ4v) is 4.14. The molecule has 1 amide bonds. The number of H-pyrrole nitrogens is 1. The summed E-state index contributed by atoms with van der Waals surface area (Å²) in [6.45, 7) is 3.07. The Hall–Kier alpha value is -2.81. The largest absolute Gasteiger partial charge is 0.369 e. The second-order valence-electron chi connectivity index (χ2n) is 7.01. The SMILES string of the molecule is N#Cc1ccccc1N1CCCN(C(=O)[C@H]2CCCc3[nH]cnc32)CC1. The number of carbonyl (C=O) groups excluding carboxylic acids is 1. The number of imidazole rings is 1. The lowest BCUT2D eigenvalue weighted by molar-refractivity contribution is -0.133. The van der Waals surface area contributed by atoms with Gasteiger partial charge in [0.2, 0.25) is 5.91 Å². The molecule has 1 aliphatic carbocycles. The summed E-state index contributed by atoms with van der Waals surface area (Å²) < 4.78 is 0. The minimum atomic E-state index is -0.108. The molecule has 6 heteroatoms. The van der Waals surface area contributed by atoms with Gasteiger partial charge in [-0.05, 0) is 37.8 Å². The molecule has 0 unspecified atom stereocenters. The summed E-state index contributed by atoms with van der Waals surface area (Å²) in [5.74, 6) is 0.0939. The number of hydrogen-bond donors (Lipinski definition) is 1. The van der Waals surface area contributed by atoms with E-state index in [2.05, 4.69) is 20.9 Å². The van der Waals surface area contributed by atoms with Crippen molar-refractivity contribution >= 4 is 11.6 Å². The van der Waals surface area contributed by atoms with Gasteiger partial charge in [-0.3, -0.25) is 4.79 Å². The van der Waals surface area contributed by atoms with Crippen molar-refractivity contribution in [3.63, 3.8) is 0 Å². The van der Waals surface area contributed by atoms with Crippen LogP contribution in [-0.4, -0.2) is 47.0 Å². The van der Waals surface area contributed by atoms with Crippen molar-refractivity contribution in [1.29, 1.82) is 5.26 Å². The van der Waals surface area contributed by atoms with Gasteiger partial charge in [-0.25, -0.2) is 4.98 Å². The first-order chi connectivity index (χ1) is 12.8. The maximum absolute atomic E-state index is 13.1. The van der Waals surface area contributed by atoms with Crippen LogP contribution in [0, 0.1) is 11.3 Å². The lowest BCUT2D eigenvalue weighted by atomic mass is 9.88. The third-order valence-corrected chi connectivity index (χ3v) is 5.47. The number of carbonyl (C=O) groups is 1. The summed E-state index contributed by atoms with van der Waals surface area (Å²) in [5.41, 5.74) is 3.73. The zero-order valence-electron chi connectivity index (χ0n) is 14.8. The van der Waals surface area contributed by atoms with E-state index in [1.807, 2.05) is 29.2 Å². The number of nitriles is 1. The van der Waals surface area contributed by atoms with Crippen LogP contribution in [0.15, 0.2) is 30.6 Å². The van der Waals surface area contributed by atoms with Gasteiger partial charge in [0.05, 0.1) is 29.2 Å². The van der Waals surface area contributed by atoms with E-state index in [1.54, 1.807) is 6.33 Å². The van der Waals surface area contributed by atoms with Crippen molar-refractivity contribution in [3.8, 4) is 6.07 Å². The summed E-state index contributed by atoms with van der Waals surface area (Å²) in [4.78, 5) is 24.9. The van der Waals surface area contributed by atoms with Crippen molar-refractivity contribution in [2.24, 2.45) is 0 Å². The predicted octanol–water partition coefficient (Wildman–Crippen LogP) is 2.44. The molecule has 1 aliphatic heterocycles. The highest BCUT2D eigenvalue weighted by atomic mass is 16.2. The molecule has 1 N–H and O–H groups in total. The van der Waals surface area contributed by atoms with Crippen LogP contribution >= 0.6 is 0 Å². The van der Waals surface area contributed by atoms with Gasteiger partial charge in [0.15, 0.2) is 0 Å². The van der Waals surface area contributed by atoms with Crippen LogP contribution < -0.4 is 4.90 Å². The van der Waals surface area contributed by atoms with E-state index in [1.165, 1.54) is 0 Å². The Morgan fingerprint density at radius 1 is 1.19 bits per heavy atom. The molecular weight excluding hydrogens is 326 g/mol. The number of hydrogen-bond acceptors (Lipinski definition) is 4. The highest BCUT2D eigenvalue weighted by Gasteiger charge is 2.32. The second-order valence-corrected chi connectivity index (χ2v) is 7.01. The maximum atomic E-state index is 13.1. The summed E-state index contributed by atoms with van der Waals surface area (Å²) in [7, 11) is 0. The quantitative estimate of drug-likeness (QED) is 0.903. The monoisotopic (exact) mass is 349 g/mol. The number of nitrogens with zero attached hydrogens (tertiary/aromatic N) is 4. The molecule has 1 fully saturated rings. The van der Waals surface area contributed by atoms with Gasteiger partial charge in [-0.15, -0.1) is 0 Å². The number of rotatable bonds is 2. The Balaban J connectivity index is 1.48. The van der Waals surface area contributed by atoms with E-state index >= 15 is 0 Å². The standard InChI is InChI=1S/C20H23N5O/c21-13-15-5-1-2-8-18(15)24-9-4-10-25(12-11-24)20(26)16-6-3-7-17-19(16)23-14-22-17/h1-2,5,8,14,16H,3-4,6-7,9-12H2,(H,22,23)/t16-/m0/s1. The molecule has 4 rings (SSSR count). The summed E-state index contributed by atoms with van der Waals surface area (Å²) in [6, 6.07) is 9.97. The van der Waals surface area contributed by atoms with Crippen molar-refractivity contribution < 1.29 is 4.79 Å². The van der Waals surface area contributed by atoms with E-state index in [-0.39, 0.29) is 11.8 Å². The van der Waals surface area contributed by atoms with Crippen LogP contribution in [0.5, 0.6) is 0 Å². The topological polar surface area (TPSA) is 76.0 Å². The zero-order valence-corrected chi connectivity index (χ0v) is 14.8. The van der Waals surface area contributed by atoms with Gasteiger partial charge in [0.1, 0.15) is 6.07 Å². The molecule has 1 aromatic carbocycles. The maximum Gasteiger partial charge on any atom is 0.231 e. The number of para-hydroxylation sites is 1. The van der Waals surface area contributed by atoms with Crippen LogP contribution in [0.1, 0.15) is 42.1 Å². The van der Waals surface area contributed by atoms with E-state index in [0.717, 1.165) is 62.4 Å². The van der Waals surface area contributed by atoms with E-state index in [0.29, 0.717) is 12.1 Å². The van der Waals surface area contributed by atoms with E-state index in [4.69, 9.17) is 0 Å². The third kappa shape index (κ3) is 3.05. The van der Waals surface area contributed by atoms with Crippen LogP contribution in [0.25, 0.3) is 0 Å². The number of fused-ring (bicyclic) bond motifs is 1. The van der Waals surface area contributed by atoms with Crippen molar-refractivity contribution in [1.82, 2.24) is 14.9 Å². The van der Waals surface area contributed by atoms with Crippen LogP contribution in [0.2, 0.25) is 0 Å². The average molecular weight is 349 g/mol. The van der Waals surface area contributed by atoms with Gasteiger partial charge in [0.25, 0.3) is 0 Å². The molecular formula is C20H23N5O. The van der Waals surface area contributed by atoms with Crippen molar-refractivity contribution in [2.45, 2.75) is 31.6 Å². The van der Waals surface area contributed by atoms with Crippen LogP contribution in [0.3, 0.4) is 0 Å². The number of nitrogens with one attached hydrogen (secondary N) is 1. The van der Waals surface area contributed by atoms with Gasteiger partial charge in [-0.2, -0.15) is 5.26 Å². The highest BCUT2D eigenvalue weighted by Crippen LogP contribution is 2.31. The number of aromatic amines is 1. The fourth-order valence-electron chi connectivity index (χ4n) is 4.14. The van der Waals surface area contributed by atoms with E-state index in [9.17, 15) is 10.1 Å². The Kier molecular flexibility index (Phi) is 4.61. The molecule has 2 aromatic rings. The molecule has 0 radical (unpaired) electrons. The lowest BCUT2D eigenvalue weighted by Gasteiger charge is -2.28. The summed E-state index contributed by atoms with van der Waals surface area (Å²) >= 11 is 0. The van der Waals surface area contributed by atoms with Gasteiger partial charge in [-0.1, -0.05) is 12.1 Å². The van der Waals surface area contributed by atoms with Crippen LogP contribution in [-0.2, 0) is 11.2 Å². The molecule has 2 aliphatic rings. The smallest absolute Gasteiger partial charge is 0.231 e. The highest BCUT2D eigenvalue weighted by molar-refractivity contribution is 5.84. The molecule has 2 heterocycles. The number of benzene rings is 1. The van der Waals surface area contributed by atoms with Gasteiger partial charge < -0.3 is 14.8 Å². The molecule has 26 heavy (non-hydrogen) atoms. The van der Waals surface area contributed by atoms with Gasteiger partial charge in [0, 0.05) is 31.9 Å². The van der Waals surface area contributed by atoms with E-state index < -0.39 is 0 Å². The van der Waals surface area contributed by atoms with Crippen molar-refractivity contribution in [2.75, 3.05) is 31.1 Å². The molecule has 1 atom stereocenters. The first kappa shape index (κ1) is 16.6. The first-order valence-electron chi connectivity index (χ1n) is 9.33. The minimum absolute atomic E-state index is 0.108. The second kappa shape index (κ2) is 7.20. The molecule has 6 nitrogen and oxygen atoms in total. The average Bonchev–Trinajstić information content (AvgIpc) is 3.04. The number of aryl methyl sites for hydroxylation is 1. The first-order valence-corrected chi connectivity index (χ1v) is 9.33.